The molecule has 23 heavy (non-hydrogen) atoms. The number of nitrogens with one attached hydrogen (secondary N) is 1. The van der Waals surface area contributed by atoms with E-state index in [1.54, 1.807) is 6.07 Å². The van der Waals surface area contributed by atoms with E-state index < -0.39 is 0 Å². The lowest BCUT2D eigenvalue weighted by molar-refractivity contribution is 0.534. The Morgan fingerprint density at radius 1 is 1.26 bits per heavy atom. The van der Waals surface area contributed by atoms with Crippen LogP contribution in [0, 0.1) is 11.7 Å². The summed E-state index contributed by atoms with van der Waals surface area (Å²) in [6, 6.07) is 3.89. The molecule has 0 spiro atoms. The van der Waals surface area contributed by atoms with Crippen LogP contribution in [0.4, 0.5) is 4.39 Å². The summed E-state index contributed by atoms with van der Waals surface area (Å²) in [5.74, 6) is 1.02. The molecule has 0 aliphatic heterocycles. The van der Waals surface area contributed by atoms with Crippen LogP contribution in [0.25, 0.3) is 10.9 Å². The number of nitrogens with zero attached hydrogens (tertiary/aromatic N) is 1. The van der Waals surface area contributed by atoms with Crippen LogP contribution in [0.3, 0.4) is 0 Å². The summed E-state index contributed by atoms with van der Waals surface area (Å²) in [6.07, 6.45) is 7.15. The second-order valence-corrected chi connectivity index (χ2v) is 8.70. The van der Waals surface area contributed by atoms with Gasteiger partial charge in [0.05, 0.1) is 0 Å². The monoisotopic (exact) mass is 332 g/mol. The third kappa shape index (κ3) is 3.43. The van der Waals surface area contributed by atoms with Crippen LogP contribution in [0.2, 0.25) is 0 Å². The minimum Gasteiger partial charge on any atom is -0.347 e. The van der Waals surface area contributed by atoms with E-state index in [-0.39, 0.29) is 5.82 Å². The zero-order valence-corrected chi connectivity index (χ0v) is 14.8. The number of hydrogen-bond donors (Lipinski definition) is 1. The molecule has 0 saturated heterocycles. The second-order valence-electron chi connectivity index (χ2n) is 7.50. The summed E-state index contributed by atoms with van der Waals surface area (Å²) in [5, 5.41) is 1.87. The molecule has 1 N–H and O–H groups in total. The molecule has 0 radical (unpaired) electrons. The summed E-state index contributed by atoms with van der Waals surface area (Å²) in [4.78, 5) is 0. The third-order valence-electron chi connectivity index (χ3n) is 4.70. The molecule has 124 valence electrons. The molecule has 4 heteroatoms. The topological polar surface area (TPSA) is 17.0 Å². The SMILES string of the molecule is CC(C)Cn1cc(CNSC2CC2)c2cc(F)c(C3CC3)cc21. The molecule has 1 aromatic heterocycles. The van der Waals surface area contributed by atoms with E-state index >= 15 is 0 Å². The first-order valence-electron chi connectivity index (χ1n) is 8.81. The van der Waals surface area contributed by atoms with Crippen molar-refractivity contribution in [3.63, 3.8) is 0 Å². The standard InChI is InChI=1S/C19H25FN2S/c1-12(2)10-22-11-14(9-21-23-15-5-6-15)17-7-18(20)16(8-19(17)22)13-3-4-13/h7-8,11-13,15,21H,3-6,9-10H2,1-2H3. The number of fused-ring (bicyclic) bond motifs is 1. The van der Waals surface area contributed by atoms with Gasteiger partial charge in [-0.25, -0.2) is 4.39 Å². The molecule has 2 nitrogen and oxygen atoms in total. The number of rotatable bonds is 7. The molecule has 1 aromatic carbocycles. The average molecular weight is 332 g/mol. The predicted molar refractivity (Wildman–Crippen MR) is 96.2 cm³/mol. The number of halogens is 1. The molecule has 0 unspecified atom stereocenters. The molecule has 2 aliphatic carbocycles. The lowest BCUT2D eigenvalue weighted by atomic mass is 10.1. The highest BCUT2D eigenvalue weighted by atomic mass is 32.2. The fourth-order valence-electron chi connectivity index (χ4n) is 3.22. The maximum Gasteiger partial charge on any atom is 0.127 e. The van der Waals surface area contributed by atoms with Gasteiger partial charge in [0.25, 0.3) is 0 Å². The van der Waals surface area contributed by atoms with Gasteiger partial charge in [0, 0.05) is 35.4 Å². The molecule has 0 atom stereocenters. The Morgan fingerprint density at radius 2 is 2.04 bits per heavy atom. The van der Waals surface area contributed by atoms with Crippen molar-refractivity contribution in [2.45, 2.75) is 63.8 Å². The molecule has 2 fully saturated rings. The maximum absolute atomic E-state index is 14.5. The second kappa shape index (κ2) is 6.14. The van der Waals surface area contributed by atoms with Gasteiger partial charge in [-0.05, 0) is 60.8 Å². The van der Waals surface area contributed by atoms with Crippen LogP contribution in [-0.4, -0.2) is 9.82 Å². The highest BCUT2D eigenvalue weighted by molar-refractivity contribution is 7.98. The summed E-state index contributed by atoms with van der Waals surface area (Å²) in [5.41, 5.74) is 3.35. The Hall–Kier alpha value is -1.00. The fraction of sp³-hybridized carbons (Fsp3) is 0.579. The lowest BCUT2D eigenvalue weighted by Crippen LogP contribution is -2.05. The molecule has 2 aliphatic rings. The van der Waals surface area contributed by atoms with Gasteiger partial charge in [-0.15, -0.1) is 0 Å². The van der Waals surface area contributed by atoms with Crippen molar-refractivity contribution < 1.29 is 4.39 Å². The fourth-order valence-corrected chi connectivity index (χ4v) is 4.06. The van der Waals surface area contributed by atoms with E-state index in [1.807, 2.05) is 11.9 Å². The van der Waals surface area contributed by atoms with Crippen molar-refractivity contribution in [3.8, 4) is 0 Å². The third-order valence-corrected chi connectivity index (χ3v) is 5.81. The number of benzene rings is 1. The Kier molecular flexibility index (Phi) is 4.14. The van der Waals surface area contributed by atoms with Crippen molar-refractivity contribution >= 4 is 22.9 Å². The van der Waals surface area contributed by atoms with Crippen molar-refractivity contribution in [1.82, 2.24) is 9.29 Å². The summed E-state index contributed by atoms with van der Waals surface area (Å²) < 4.78 is 20.3. The molecule has 4 rings (SSSR count). The molecule has 0 amide bonds. The molecule has 1 heterocycles. The first-order chi connectivity index (χ1) is 11.1. The average Bonchev–Trinajstić information content (AvgIpc) is 3.39. The van der Waals surface area contributed by atoms with Crippen LogP contribution in [0.5, 0.6) is 0 Å². The van der Waals surface area contributed by atoms with E-state index in [2.05, 4.69) is 35.4 Å². The quantitative estimate of drug-likeness (QED) is 0.701. The van der Waals surface area contributed by atoms with E-state index in [0.29, 0.717) is 11.8 Å². The molecular formula is C19H25FN2S. The van der Waals surface area contributed by atoms with Crippen molar-refractivity contribution in [3.05, 3.63) is 35.3 Å². The molecular weight excluding hydrogens is 307 g/mol. The van der Waals surface area contributed by atoms with Gasteiger partial charge in [-0.3, -0.25) is 4.72 Å². The number of hydrogen-bond acceptors (Lipinski definition) is 2. The van der Waals surface area contributed by atoms with E-state index in [0.717, 1.165) is 42.1 Å². The zero-order valence-electron chi connectivity index (χ0n) is 13.9. The van der Waals surface area contributed by atoms with E-state index in [4.69, 9.17) is 0 Å². The summed E-state index contributed by atoms with van der Waals surface area (Å²) in [7, 11) is 0. The van der Waals surface area contributed by atoms with Crippen molar-refractivity contribution in [1.29, 1.82) is 0 Å². The van der Waals surface area contributed by atoms with Crippen LogP contribution >= 0.6 is 11.9 Å². The zero-order chi connectivity index (χ0) is 16.0. The van der Waals surface area contributed by atoms with Crippen LogP contribution in [0.15, 0.2) is 18.3 Å². The van der Waals surface area contributed by atoms with Crippen molar-refractivity contribution in [2.75, 3.05) is 0 Å². The molecule has 0 bridgehead atoms. The Balaban J connectivity index is 1.67. The van der Waals surface area contributed by atoms with Gasteiger partial charge in [0.1, 0.15) is 5.82 Å². The van der Waals surface area contributed by atoms with Crippen LogP contribution < -0.4 is 4.72 Å². The van der Waals surface area contributed by atoms with Crippen molar-refractivity contribution in [2.24, 2.45) is 5.92 Å². The van der Waals surface area contributed by atoms with Gasteiger partial charge in [0.15, 0.2) is 0 Å². The lowest BCUT2D eigenvalue weighted by Gasteiger charge is -2.09. The minimum absolute atomic E-state index is 0.0154. The normalized spacial score (nSPS) is 18.3. The maximum atomic E-state index is 14.5. The van der Waals surface area contributed by atoms with E-state index in [9.17, 15) is 4.39 Å². The Morgan fingerprint density at radius 3 is 2.70 bits per heavy atom. The smallest absolute Gasteiger partial charge is 0.127 e. The van der Waals surface area contributed by atoms with Gasteiger partial charge >= 0.3 is 0 Å². The highest BCUT2D eigenvalue weighted by Gasteiger charge is 2.28. The van der Waals surface area contributed by atoms with E-state index in [1.165, 1.54) is 23.9 Å². The van der Waals surface area contributed by atoms with Gasteiger partial charge in [-0.1, -0.05) is 25.8 Å². The largest absolute Gasteiger partial charge is 0.347 e. The number of aromatic nitrogens is 1. The Labute approximate surface area is 142 Å². The first-order valence-corrected chi connectivity index (χ1v) is 9.69. The van der Waals surface area contributed by atoms with Crippen LogP contribution in [-0.2, 0) is 13.1 Å². The highest BCUT2D eigenvalue weighted by Crippen LogP contribution is 2.43. The minimum atomic E-state index is -0.0154. The van der Waals surface area contributed by atoms with Gasteiger partial charge < -0.3 is 4.57 Å². The Bertz CT molecular complexity index is 714. The molecule has 2 aromatic rings. The summed E-state index contributed by atoms with van der Waals surface area (Å²) >= 11 is 1.84. The first kappa shape index (κ1) is 15.5. The summed E-state index contributed by atoms with van der Waals surface area (Å²) in [6.45, 7) is 6.27. The molecule has 2 saturated carbocycles. The van der Waals surface area contributed by atoms with Crippen LogP contribution in [0.1, 0.15) is 56.6 Å². The predicted octanol–water partition coefficient (Wildman–Crippen LogP) is 5.21. The van der Waals surface area contributed by atoms with Gasteiger partial charge in [0.2, 0.25) is 0 Å². The van der Waals surface area contributed by atoms with Gasteiger partial charge in [-0.2, -0.15) is 0 Å².